The normalized spacial score (nSPS) is 17.9. The highest BCUT2D eigenvalue weighted by Gasteiger charge is 2.49. The Morgan fingerprint density at radius 1 is 1.26 bits per heavy atom. The number of carbonyl (C=O) groups excluding carboxylic acids is 1. The van der Waals surface area contributed by atoms with E-state index < -0.39 is 11.5 Å². The second-order valence-corrected chi connectivity index (χ2v) is 10.6. The van der Waals surface area contributed by atoms with Gasteiger partial charge in [-0.3, -0.25) is 9.78 Å². The van der Waals surface area contributed by atoms with Crippen molar-refractivity contribution in [3.63, 3.8) is 0 Å². The van der Waals surface area contributed by atoms with Gasteiger partial charge in [0, 0.05) is 23.8 Å². The van der Waals surface area contributed by atoms with E-state index in [1.54, 1.807) is 21.9 Å². The molecule has 176 valence electrons. The first-order valence-electron chi connectivity index (χ1n) is 11.2. The van der Waals surface area contributed by atoms with Crippen molar-refractivity contribution >= 4 is 28.4 Å². The lowest BCUT2D eigenvalue weighted by Gasteiger charge is -2.16. The molecule has 4 heterocycles. The van der Waals surface area contributed by atoms with Gasteiger partial charge in [-0.1, -0.05) is 11.3 Å². The lowest BCUT2D eigenvalue weighted by Crippen LogP contribution is -2.22. The van der Waals surface area contributed by atoms with Gasteiger partial charge in [-0.25, -0.2) is 4.52 Å². The van der Waals surface area contributed by atoms with Crippen molar-refractivity contribution in [3.8, 4) is 22.0 Å². The highest BCUT2D eigenvalue weighted by Crippen LogP contribution is 2.54. The Kier molecular flexibility index (Phi) is 5.37. The van der Waals surface area contributed by atoms with Crippen molar-refractivity contribution in [1.29, 1.82) is 0 Å². The summed E-state index contributed by atoms with van der Waals surface area (Å²) in [5.41, 5.74) is 9.11. The average Bonchev–Trinajstić information content (AvgIpc) is 3.26. The maximum absolute atomic E-state index is 11.5. The number of aliphatic hydroxyl groups is 1. The van der Waals surface area contributed by atoms with Crippen LogP contribution in [-0.4, -0.2) is 47.5 Å². The summed E-state index contributed by atoms with van der Waals surface area (Å²) in [6.07, 6.45) is 4.20. The summed E-state index contributed by atoms with van der Waals surface area (Å²) in [7, 11) is 0. The topological polar surface area (TPSA) is 131 Å². The summed E-state index contributed by atoms with van der Waals surface area (Å²) in [6.45, 7) is 7.85. The summed E-state index contributed by atoms with van der Waals surface area (Å²) in [4.78, 5) is 16.2. The Balaban J connectivity index is 1.50. The quantitative estimate of drug-likeness (QED) is 0.370. The van der Waals surface area contributed by atoms with Gasteiger partial charge in [-0.2, -0.15) is 5.10 Å². The minimum atomic E-state index is -0.712. The summed E-state index contributed by atoms with van der Waals surface area (Å²) >= 11 is 1.55. The molecule has 1 saturated carbocycles. The highest BCUT2D eigenvalue weighted by molar-refractivity contribution is 7.14. The third-order valence-corrected chi connectivity index (χ3v) is 7.17. The van der Waals surface area contributed by atoms with Gasteiger partial charge in [0.05, 0.1) is 39.8 Å². The molecule has 0 saturated heterocycles. The molecule has 5 rings (SSSR count). The van der Waals surface area contributed by atoms with E-state index in [9.17, 15) is 9.90 Å². The first-order valence-corrected chi connectivity index (χ1v) is 12.0. The SMILES string of the molecule is CC(C)Nc1cc(-c2ccc3cc(C(N)=O)cnn23)ncc1-c1nnc([C@H]2C[C@@H]2C(C)(C)O)s1. The Hall–Kier alpha value is -3.37. The van der Waals surface area contributed by atoms with Crippen LogP contribution in [0.4, 0.5) is 5.69 Å². The fraction of sp³-hybridized carbons (Fsp3) is 0.375. The second kappa shape index (κ2) is 8.14. The average molecular weight is 478 g/mol. The summed E-state index contributed by atoms with van der Waals surface area (Å²) < 4.78 is 1.74. The van der Waals surface area contributed by atoms with Crippen LogP contribution in [0.15, 0.2) is 36.7 Å². The van der Waals surface area contributed by atoms with E-state index in [4.69, 9.17) is 10.7 Å². The third kappa shape index (κ3) is 4.14. The molecular formula is C24H27N7O2S. The molecule has 1 aliphatic carbocycles. The zero-order valence-electron chi connectivity index (χ0n) is 19.5. The van der Waals surface area contributed by atoms with Crippen LogP contribution in [0.25, 0.3) is 27.5 Å². The minimum absolute atomic E-state index is 0.199. The molecule has 9 nitrogen and oxygen atoms in total. The fourth-order valence-corrected chi connectivity index (χ4v) is 5.31. The van der Waals surface area contributed by atoms with Gasteiger partial charge >= 0.3 is 0 Å². The Labute approximate surface area is 201 Å². The number of hydrogen-bond donors (Lipinski definition) is 3. The number of hydrogen-bond acceptors (Lipinski definition) is 8. The third-order valence-electron chi connectivity index (χ3n) is 6.08. The van der Waals surface area contributed by atoms with Gasteiger partial charge in [0.2, 0.25) is 5.91 Å². The van der Waals surface area contributed by atoms with Crippen molar-refractivity contribution in [2.45, 2.75) is 51.7 Å². The summed E-state index contributed by atoms with van der Waals surface area (Å²) in [5, 5.41) is 28.8. The van der Waals surface area contributed by atoms with Gasteiger partial charge in [0.1, 0.15) is 5.01 Å². The number of carbonyl (C=O) groups is 1. The summed E-state index contributed by atoms with van der Waals surface area (Å²) in [6, 6.07) is 7.69. The van der Waals surface area contributed by atoms with Crippen LogP contribution in [0.1, 0.15) is 55.4 Å². The molecule has 0 spiro atoms. The first-order chi connectivity index (χ1) is 16.1. The molecular weight excluding hydrogens is 450 g/mol. The van der Waals surface area contributed by atoms with Crippen LogP contribution in [0, 0.1) is 5.92 Å². The Bertz CT molecular complexity index is 1390. The molecule has 2 atom stereocenters. The molecule has 1 amide bonds. The van der Waals surface area contributed by atoms with Crippen molar-refractivity contribution < 1.29 is 9.90 Å². The van der Waals surface area contributed by atoms with Crippen LogP contribution in [-0.2, 0) is 0 Å². The van der Waals surface area contributed by atoms with Gasteiger partial charge in [-0.05, 0) is 64.3 Å². The largest absolute Gasteiger partial charge is 0.390 e. The van der Waals surface area contributed by atoms with Crippen LogP contribution in [0.5, 0.6) is 0 Å². The Morgan fingerprint density at radius 2 is 2.06 bits per heavy atom. The van der Waals surface area contributed by atoms with E-state index in [1.165, 1.54) is 6.20 Å². The highest BCUT2D eigenvalue weighted by atomic mass is 32.1. The van der Waals surface area contributed by atoms with Crippen LogP contribution in [0.3, 0.4) is 0 Å². The standard InChI is InChI=1S/C24H27N7O2S/c1-12(2)28-18-9-19(20-6-5-14-7-13(21(25)32)10-27-31(14)20)26-11-16(18)23-30-29-22(34-23)15-8-17(15)24(3,4)33/h5-7,9-12,15,17,33H,8H2,1-4H3,(H2,25,32)(H,26,28)/t15-,17-/m0/s1. The predicted molar refractivity (Wildman–Crippen MR) is 132 cm³/mol. The molecule has 1 fully saturated rings. The van der Waals surface area contributed by atoms with E-state index in [1.807, 2.05) is 38.2 Å². The molecule has 4 N–H and O–H groups in total. The molecule has 4 aromatic heterocycles. The zero-order chi connectivity index (χ0) is 24.2. The van der Waals surface area contributed by atoms with E-state index >= 15 is 0 Å². The number of anilines is 1. The van der Waals surface area contributed by atoms with Gasteiger partial charge in [-0.15, -0.1) is 10.2 Å². The molecule has 1 aliphatic rings. The number of fused-ring (bicyclic) bond motifs is 1. The number of nitrogens with zero attached hydrogens (tertiary/aromatic N) is 5. The lowest BCUT2D eigenvalue weighted by molar-refractivity contribution is 0.0546. The van der Waals surface area contributed by atoms with Crippen LogP contribution >= 0.6 is 11.3 Å². The monoisotopic (exact) mass is 477 g/mol. The van der Waals surface area contributed by atoms with Crippen molar-refractivity contribution in [3.05, 3.63) is 47.2 Å². The number of primary amides is 1. The molecule has 4 aromatic rings. The zero-order valence-corrected chi connectivity index (χ0v) is 20.3. The van der Waals surface area contributed by atoms with Crippen molar-refractivity contribution in [1.82, 2.24) is 24.8 Å². The number of aromatic nitrogens is 5. The van der Waals surface area contributed by atoms with E-state index in [0.717, 1.165) is 44.6 Å². The number of pyridine rings is 1. The molecule has 34 heavy (non-hydrogen) atoms. The van der Waals surface area contributed by atoms with Crippen molar-refractivity contribution in [2.24, 2.45) is 11.7 Å². The summed E-state index contributed by atoms with van der Waals surface area (Å²) in [5.74, 6) is -0.0455. The van der Waals surface area contributed by atoms with Crippen LogP contribution < -0.4 is 11.1 Å². The predicted octanol–water partition coefficient (Wildman–Crippen LogP) is 3.71. The molecule has 0 bridgehead atoms. The van der Waals surface area contributed by atoms with Crippen LogP contribution in [0.2, 0.25) is 0 Å². The maximum Gasteiger partial charge on any atom is 0.250 e. The molecule has 0 unspecified atom stereocenters. The Morgan fingerprint density at radius 3 is 2.74 bits per heavy atom. The van der Waals surface area contributed by atoms with Crippen molar-refractivity contribution in [2.75, 3.05) is 5.32 Å². The number of nitrogens with one attached hydrogen (secondary N) is 1. The lowest BCUT2D eigenvalue weighted by atomic mass is 10.0. The second-order valence-electron chi connectivity index (χ2n) is 9.63. The molecule has 0 aromatic carbocycles. The maximum atomic E-state index is 11.5. The van der Waals surface area contributed by atoms with E-state index in [-0.39, 0.29) is 17.9 Å². The number of amides is 1. The smallest absolute Gasteiger partial charge is 0.250 e. The van der Waals surface area contributed by atoms with Gasteiger partial charge < -0.3 is 16.2 Å². The van der Waals surface area contributed by atoms with Gasteiger partial charge in [0.15, 0.2) is 5.01 Å². The van der Waals surface area contributed by atoms with E-state index in [2.05, 4.69) is 34.5 Å². The number of rotatable bonds is 7. The molecule has 10 heteroatoms. The minimum Gasteiger partial charge on any atom is -0.390 e. The molecule has 0 aliphatic heterocycles. The number of nitrogens with two attached hydrogens (primary N) is 1. The molecule has 0 radical (unpaired) electrons. The van der Waals surface area contributed by atoms with Gasteiger partial charge in [0.25, 0.3) is 0 Å². The fourth-order valence-electron chi connectivity index (χ4n) is 4.27. The first kappa shape index (κ1) is 22.4. The van der Waals surface area contributed by atoms with E-state index in [0.29, 0.717) is 5.56 Å².